The molecule has 1 unspecified atom stereocenters. The molecule has 5 heteroatoms. The summed E-state index contributed by atoms with van der Waals surface area (Å²) in [6.45, 7) is 1.87. The first-order chi connectivity index (χ1) is 8.95. The van der Waals surface area contributed by atoms with Crippen LogP contribution in [0.5, 0.6) is 0 Å². The number of benzene rings is 1. The van der Waals surface area contributed by atoms with Gasteiger partial charge in [-0.05, 0) is 24.6 Å². The zero-order valence-electron chi connectivity index (χ0n) is 10.9. The van der Waals surface area contributed by atoms with E-state index in [1.165, 1.54) is 12.1 Å². The topological polar surface area (TPSA) is 38.0 Å². The third kappa shape index (κ3) is 3.38. The van der Waals surface area contributed by atoms with Crippen LogP contribution in [0.3, 0.4) is 0 Å². The lowest BCUT2D eigenvalue weighted by atomic mass is 10.0. The summed E-state index contributed by atoms with van der Waals surface area (Å²) >= 11 is 0. The van der Waals surface area contributed by atoms with Gasteiger partial charge in [0.25, 0.3) is 0 Å². The number of aliphatic hydroxyl groups excluding tert-OH is 1. The fourth-order valence-corrected chi connectivity index (χ4v) is 2.11. The maximum Gasteiger partial charge on any atom is 0.129 e. The second-order valence-electron chi connectivity index (χ2n) is 4.70. The lowest BCUT2D eigenvalue weighted by molar-refractivity contribution is 0.171. The lowest BCUT2D eigenvalue weighted by Crippen LogP contribution is -2.17. The number of hydrogen-bond acceptors (Lipinski definition) is 2. The molecule has 102 valence electrons. The van der Waals surface area contributed by atoms with Crippen LogP contribution >= 0.6 is 0 Å². The standard InChI is InChI=1S/C14H16F2N2O/c1-9-5-12(18(2)17-9)8-13(19)6-10-3-4-11(15)7-14(10)16/h3-5,7,13,19H,6,8H2,1-2H3. The van der Waals surface area contributed by atoms with E-state index in [1.54, 1.807) is 11.7 Å². The van der Waals surface area contributed by atoms with E-state index in [0.29, 0.717) is 12.0 Å². The van der Waals surface area contributed by atoms with Crippen molar-refractivity contribution in [1.82, 2.24) is 9.78 Å². The summed E-state index contributed by atoms with van der Waals surface area (Å²) in [6, 6.07) is 5.27. The highest BCUT2D eigenvalue weighted by Gasteiger charge is 2.13. The Kier molecular flexibility index (Phi) is 3.95. The Balaban J connectivity index is 2.05. The molecule has 0 amide bonds. The van der Waals surface area contributed by atoms with Crippen LogP contribution in [0.2, 0.25) is 0 Å². The molecular formula is C14H16F2N2O. The van der Waals surface area contributed by atoms with Gasteiger partial charge in [-0.3, -0.25) is 4.68 Å². The summed E-state index contributed by atoms with van der Waals surface area (Å²) in [4.78, 5) is 0. The van der Waals surface area contributed by atoms with Crippen molar-refractivity contribution in [2.45, 2.75) is 25.9 Å². The molecule has 1 atom stereocenters. The highest BCUT2D eigenvalue weighted by molar-refractivity contribution is 5.20. The number of halogens is 2. The summed E-state index contributed by atoms with van der Waals surface area (Å²) in [6.07, 6.45) is -0.195. The van der Waals surface area contributed by atoms with Gasteiger partial charge in [-0.1, -0.05) is 6.07 Å². The van der Waals surface area contributed by atoms with Crippen LogP contribution in [0.1, 0.15) is 17.0 Å². The second-order valence-corrected chi connectivity index (χ2v) is 4.70. The number of nitrogens with zero attached hydrogens (tertiary/aromatic N) is 2. The Morgan fingerprint density at radius 1 is 1.26 bits per heavy atom. The van der Waals surface area contributed by atoms with Gasteiger partial charge in [-0.2, -0.15) is 5.10 Å². The van der Waals surface area contributed by atoms with Crippen LogP contribution in [0.15, 0.2) is 24.3 Å². The SMILES string of the molecule is Cc1cc(CC(O)Cc2ccc(F)cc2F)n(C)n1. The van der Waals surface area contributed by atoms with E-state index in [1.807, 2.05) is 13.0 Å². The Morgan fingerprint density at radius 3 is 2.58 bits per heavy atom. The zero-order chi connectivity index (χ0) is 14.0. The average molecular weight is 266 g/mol. The average Bonchev–Trinajstić information content (AvgIpc) is 2.61. The molecule has 0 aliphatic carbocycles. The minimum Gasteiger partial charge on any atom is -0.392 e. The smallest absolute Gasteiger partial charge is 0.129 e. The van der Waals surface area contributed by atoms with Crippen LogP contribution in [-0.2, 0) is 19.9 Å². The molecular weight excluding hydrogens is 250 g/mol. The van der Waals surface area contributed by atoms with Crippen molar-refractivity contribution in [1.29, 1.82) is 0 Å². The third-order valence-corrected chi connectivity index (χ3v) is 3.01. The van der Waals surface area contributed by atoms with Gasteiger partial charge in [-0.25, -0.2) is 8.78 Å². The van der Waals surface area contributed by atoms with E-state index < -0.39 is 17.7 Å². The lowest BCUT2D eigenvalue weighted by Gasteiger charge is -2.11. The predicted octanol–water partition coefficient (Wildman–Crippen LogP) is 2.15. The molecule has 0 aliphatic rings. The monoisotopic (exact) mass is 266 g/mol. The van der Waals surface area contributed by atoms with Gasteiger partial charge < -0.3 is 5.11 Å². The Labute approximate surface area is 110 Å². The normalized spacial score (nSPS) is 12.7. The first-order valence-electron chi connectivity index (χ1n) is 6.07. The van der Waals surface area contributed by atoms with Gasteiger partial charge in [0, 0.05) is 31.6 Å². The first-order valence-corrected chi connectivity index (χ1v) is 6.07. The van der Waals surface area contributed by atoms with Crippen LogP contribution < -0.4 is 0 Å². The third-order valence-electron chi connectivity index (χ3n) is 3.01. The Hall–Kier alpha value is -1.75. The zero-order valence-corrected chi connectivity index (χ0v) is 10.9. The van der Waals surface area contributed by atoms with Gasteiger partial charge in [-0.15, -0.1) is 0 Å². The fourth-order valence-electron chi connectivity index (χ4n) is 2.11. The summed E-state index contributed by atoms with van der Waals surface area (Å²) in [5, 5.41) is 14.2. The first kappa shape index (κ1) is 13.7. The number of hydrogen-bond donors (Lipinski definition) is 1. The van der Waals surface area contributed by atoms with E-state index in [2.05, 4.69) is 5.10 Å². The van der Waals surface area contributed by atoms with Gasteiger partial charge >= 0.3 is 0 Å². The van der Waals surface area contributed by atoms with E-state index >= 15 is 0 Å². The largest absolute Gasteiger partial charge is 0.392 e. The number of aliphatic hydroxyl groups is 1. The molecule has 2 aromatic rings. The molecule has 19 heavy (non-hydrogen) atoms. The van der Waals surface area contributed by atoms with E-state index in [4.69, 9.17) is 0 Å². The van der Waals surface area contributed by atoms with E-state index in [0.717, 1.165) is 17.5 Å². The van der Waals surface area contributed by atoms with Crippen LogP contribution in [0.4, 0.5) is 8.78 Å². The van der Waals surface area contributed by atoms with Crippen molar-refractivity contribution in [3.8, 4) is 0 Å². The maximum absolute atomic E-state index is 13.5. The highest BCUT2D eigenvalue weighted by Crippen LogP contribution is 2.14. The molecule has 0 saturated carbocycles. The maximum atomic E-state index is 13.5. The molecule has 0 spiro atoms. The van der Waals surface area contributed by atoms with Crippen LogP contribution in [0.25, 0.3) is 0 Å². The van der Waals surface area contributed by atoms with Crippen molar-refractivity contribution in [2.75, 3.05) is 0 Å². The summed E-state index contributed by atoms with van der Waals surface area (Å²) in [7, 11) is 1.80. The van der Waals surface area contributed by atoms with E-state index in [-0.39, 0.29) is 6.42 Å². The van der Waals surface area contributed by atoms with E-state index in [9.17, 15) is 13.9 Å². The van der Waals surface area contributed by atoms with Gasteiger partial charge in [0.2, 0.25) is 0 Å². The molecule has 0 radical (unpaired) electrons. The Bertz CT molecular complexity index is 581. The molecule has 0 bridgehead atoms. The van der Waals surface area contributed by atoms with Crippen molar-refractivity contribution in [3.63, 3.8) is 0 Å². The van der Waals surface area contributed by atoms with Gasteiger partial charge in [0.1, 0.15) is 11.6 Å². The second kappa shape index (κ2) is 5.48. The highest BCUT2D eigenvalue weighted by atomic mass is 19.1. The van der Waals surface area contributed by atoms with Crippen LogP contribution in [-0.4, -0.2) is 21.0 Å². The van der Waals surface area contributed by atoms with Crippen molar-refractivity contribution < 1.29 is 13.9 Å². The molecule has 3 nitrogen and oxygen atoms in total. The van der Waals surface area contributed by atoms with Crippen LogP contribution in [0, 0.1) is 18.6 Å². The van der Waals surface area contributed by atoms with Crippen molar-refractivity contribution in [3.05, 3.63) is 52.9 Å². The molecule has 1 heterocycles. The molecule has 1 aromatic carbocycles. The molecule has 1 aromatic heterocycles. The van der Waals surface area contributed by atoms with Crippen molar-refractivity contribution in [2.24, 2.45) is 7.05 Å². The minimum absolute atomic E-state index is 0.149. The quantitative estimate of drug-likeness (QED) is 0.920. The van der Waals surface area contributed by atoms with Gasteiger partial charge in [0.05, 0.1) is 11.8 Å². The van der Waals surface area contributed by atoms with Gasteiger partial charge in [0.15, 0.2) is 0 Å². The molecule has 2 rings (SSSR count). The number of aromatic nitrogens is 2. The Morgan fingerprint density at radius 2 is 2.00 bits per heavy atom. The molecule has 1 N–H and O–H groups in total. The number of rotatable bonds is 4. The summed E-state index contributed by atoms with van der Waals surface area (Å²) in [5.41, 5.74) is 2.07. The number of aryl methyl sites for hydroxylation is 2. The minimum atomic E-state index is -0.727. The summed E-state index contributed by atoms with van der Waals surface area (Å²) in [5.74, 6) is -1.24. The van der Waals surface area contributed by atoms with Crippen molar-refractivity contribution >= 4 is 0 Å². The summed E-state index contributed by atoms with van der Waals surface area (Å²) < 4.78 is 27.9. The predicted molar refractivity (Wildman–Crippen MR) is 67.7 cm³/mol. The molecule has 0 saturated heterocycles. The molecule has 0 fully saturated rings. The molecule has 0 aliphatic heterocycles. The fraction of sp³-hybridized carbons (Fsp3) is 0.357.